The molecule has 0 spiro atoms. The van der Waals surface area contributed by atoms with E-state index in [0.717, 1.165) is 5.56 Å². The number of aromatic nitrogens is 3. The van der Waals surface area contributed by atoms with Crippen molar-refractivity contribution in [2.45, 2.75) is 58.3 Å². The lowest BCUT2D eigenvalue weighted by molar-refractivity contribution is -0.136. The van der Waals surface area contributed by atoms with Gasteiger partial charge in [-0.1, -0.05) is 44.5 Å². The van der Waals surface area contributed by atoms with Gasteiger partial charge in [0, 0.05) is 47.4 Å². The Morgan fingerprint density at radius 1 is 1.06 bits per heavy atom. The molecule has 252 valence electrons. The number of sulfone groups is 1. The highest BCUT2D eigenvalue weighted by Crippen LogP contribution is 2.41. The molecule has 3 aromatic carbocycles. The Hall–Kier alpha value is -4.51. The molecule has 0 saturated carbocycles. The molecule has 1 atom stereocenters. The van der Waals surface area contributed by atoms with Gasteiger partial charge in [-0.2, -0.15) is 0 Å². The standard InChI is InChI=1S/C37H39F2N3O5S/c1-36(2)13-6-14-37(3,24-8-5-7-23(17-24)18-33(43)44)32-21-42(4)35(41-32)28-19-25(9-10-29(28)38)47-34-27(12-16-48(45,46)22-36)26-11-15-40-31(26)20-30(34)39/h5,7-11,15,17,19-21,40H,6,12-14,16,18,22H2,1-4H3,(H,43,44). The van der Waals surface area contributed by atoms with Crippen LogP contribution >= 0.6 is 0 Å². The first-order chi connectivity index (χ1) is 22.6. The van der Waals surface area contributed by atoms with E-state index in [1.165, 1.54) is 24.3 Å². The fraction of sp³-hybridized carbons (Fsp3) is 0.351. The number of ether oxygens (including phenoxy) is 1. The molecular weight excluding hydrogens is 636 g/mol. The summed E-state index contributed by atoms with van der Waals surface area (Å²) in [5.41, 5.74) is 1.94. The van der Waals surface area contributed by atoms with Gasteiger partial charge in [0.1, 0.15) is 17.4 Å². The first-order valence-corrected chi connectivity index (χ1v) is 17.8. The van der Waals surface area contributed by atoms with Gasteiger partial charge in [0.15, 0.2) is 21.4 Å². The minimum absolute atomic E-state index is 0.0292. The molecule has 0 amide bonds. The van der Waals surface area contributed by atoms with Crippen LogP contribution in [0.3, 0.4) is 0 Å². The number of benzene rings is 3. The maximum absolute atomic E-state index is 15.6. The highest BCUT2D eigenvalue weighted by atomic mass is 32.2. The van der Waals surface area contributed by atoms with Crippen molar-refractivity contribution in [3.63, 3.8) is 0 Å². The average molecular weight is 676 g/mol. The molecule has 0 fully saturated rings. The van der Waals surface area contributed by atoms with E-state index in [1.807, 2.05) is 45.2 Å². The minimum atomic E-state index is -3.58. The van der Waals surface area contributed by atoms with Crippen molar-refractivity contribution >= 4 is 26.7 Å². The summed E-state index contributed by atoms with van der Waals surface area (Å²) >= 11 is 0. The lowest BCUT2D eigenvalue weighted by Crippen LogP contribution is -2.29. The third-order valence-corrected chi connectivity index (χ3v) is 11.5. The van der Waals surface area contributed by atoms with Crippen molar-refractivity contribution in [1.82, 2.24) is 14.5 Å². The molecule has 0 aliphatic carbocycles. The zero-order chi connectivity index (χ0) is 34.4. The molecule has 3 heterocycles. The normalized spacial score (nSPS) is 19.5. The number of aryl methyl sites for hydroxylation is 2. The van der Waals surface area contributed by atoms with Crippen molar-refractivity contribution in [3.05, 3.63) is 101 Å². The number of imidazole rings is 1. The quantitative estimate of drug-likeness (QED) is 0.202. The zero-order valence-electron chi connectivity index (χ0n) is 27.4. The van der Waals surface area contributed by atoms with E-state index in [1.54, 1.807) is 29.9 Å². The summed E-state index contributed by atoms with van der Waals surface area (Å²) in [6.45, 7) is 5.89. The number of aromatic amines is 1. The van der Waals surface area contributed by atoms with Gasteiger partial charge < -0.3 is 19.4 Å². The Balaban J connectivity index is 1.52. The van der Waals surface area contributed by atoms with E-state index in [-0.39, 0.29) is 41.4 Å². The summed E-state index contributed by atoms with van der Waals surface area (Å²) in [7, 11) is -1.81. The predicted octanol–water partition coefficient (Wildman–Crippen LogP) is 7.74. The molecule has 2 N–H and O–H groups in total. The van der Waals surface area contributed by atoms with Crippen LogP contribution in [0.1, 0.15) is 62.4 Å². The molecule has 1 unspecified atom stereocenters. The van der Waals surface area contributed by atoms with Gasteiger partial charge in [0.25, 0.3) is 0 Å². The number of nitrogens with one attached hydrogen (secondary N) is 1. The van der Waals surface area contributed by atoms with Crippen LogP contribution in [0.4, 0.5) is 8.78 Å². The molecule has 0 radical (unpaired) electrons. The maximum atomic E-state index is 15.6. The number of carboxylic acid groups (broad SMARTS) is 1. The largest absolute Gasteiger partial charge is 0.481 e. The number of hydrogen-bond acceptors (Lipinski definition) is 5. The summed E-state index contributed by atoms with van der Waals surface area (Å²) in [6, 6.07) is 14.6. The SMILES string of the molecule is Cn1cc2nc1-c1cc(ccc1F)Oc1c(F)cc3[nH]ccc3c1CCS(=O)(=O)CC(C)(C)CCCC2(C)c1cccc(CC(=O)O)c1. The molecule has 0 saturated heterocycles. The summed E-state index contributed by atoms with van der Waals surface area (Å²) in [6.07, 6.45) is 5.20. The van der Waals surface area contributed by atoms with Gasteiger partial charge in [-0.3, -0.25) is 4.79 Å². The van der Waals surface area contributed by atoms with Crippen LogP contribution in [0.15, 0.2) is 67.0 Å². The molecule has 5 aromatic rings. The highest BCUT2D eigenvalue weighted by molar-refractivity contribution is 7.91. The molecule has 1 aliphatic rings. The molecular formula is C37H39F2N3O5S. The van der Waals surface area contributed by atoms with E-state index >= 15 is 8.78 Å². The number of hydrogen-bond donors (Lipinski definition) is 2. The minimum Gasteiger partial charge on any atom is -0.481 e. The van der Waals surface area contributed by atoms with Gasteiger partial charge in [-0.15, -0.1) is 0 Å². The first-order valence-electron chi connectivity index (χ1n) is 16.0. The van der Waals surface area contributed by atoms with Crippen LogP contribution in [0.25, 0.3) is 22.3 Å². The number of carbonyl (C=O) groups is 1. The Kier molecular flexibility index (Phi) is 8.70. The van der Waals surface area contributed by atoms with Gasteiger partial charge in [-0.05, 0) is 67.0 Å². The second kappa shape index (κ2) is 12.5. The number of carboxylic acids is 1. The predicted molar refractivity (Wildman–Crippen MR) is 181 cm³/mol. The van der Waals surface area contributed by atoms with Crippen molar-refractivity contribution in [2.24, 2.45) is 12.5 Å². The smallest absolute Gasteiger partial charge is 0.307 e. The Morgan fingerprint density at radius 2 is 1.85 bits per heavy atom. The lowest BCUT2D eigenvalue weighted by atomic mass is 9.74. The fourth-order valence-corrected chi connectivity index (χ4v) is 8.95. The van der Waals surface area contributed by atoms with Crippen molar-refractivity contribution in [1.29, 1.82) is 0 Å². The monoisotopic (exact) mass is 675 g/mol. The molecule has 2 aromatic heterocycles. The van der Waals surface area contributed by atoms with Crippen LogP contribution in [0.5, 0.6) is 11.5 Å². The summed E-state index contributed by atoms with van der Waals surface area (Å²) in [5.74, 6) is -2.01. The number of halogens is 2. The number of rotatable bonds is 3. The van der Waals surface area contributed by atoms with Gasteiger partial charge in [-0.25, -0.2) is 22.2 Å². The van der Waals surface area contributed by atoms with Crippen LogP contribution < -0.4 is 4.74 Å². The summed E-state index contributed by atoms with van der Waals surface area (Å²) < 4.78 is 66.2. The Labute approximate surface area is 278 Å². The van der Waals surface area contributed by atoms with Crippen LogP contribution in [0, 0.1) is 17.0 Å². The van der Waals surface area contributed by atoms with Crippen molar-refractivity contribution in [3.8, 4) is 22.9 Å². The van der Waals surface area contributed by atoms with Crippen molar-refractivity contribution < 1.29 is 31.8 Å². The summed E-state index contributed by atoms with van der Waals surface area (Å²) in [5, 5.41) is 10.1. The third-order valence-electron chi connectivity index (χ3n) is 9.43. The number of aliphatic carboxylic acids is 1. The lowest BCUT2D eigenvalue weighted by Gasteiger charge is -2.31. The second-order valence-electron chi connectivity index (χ2n) is 13.9. The third kappa shape index (κ3) is 6.74. The van der Waals surface area contributed by atoms with Crippen molar-refractivity contribution in [2.75, 3.05) is 11.5 Å². The van der Waals surface area contributed by atoms with Gasteiger partial charge in [0.05, 0.1) is 29.2 Å². The average Bonchev–Trinajstić information content (AvgIpc) is 3.63. The van der Waals surface area contributed by atoms with E-state index < -0.39 is 38.3 Å². The first kappa shape index (κ1) is 33.4. The molecule has 1 aliphatic heterocycles. The van der Waals surface area contributed by atoms with Gasteiger partial charge in [0.2, 0.25) is 0 Å². The maximum Gasteiger partial charge on any atom is 0.307 e. The molecule has 11 heteroatoms. The topological polar surface area (TPSA) is 114 Å². The second-order valence-corrected chi connectivity index (χ2v) is 16.1. The van der Waals surface area contributed by atoms with E-state index in [9.17, 15) is 18.3 Å². The number of nitrogens with zero attached hydrogens (tertiary/aromatic N) is 2. The Bertz CT molecular complexity index is 2140. The molecule has 8 nitrogen and oxygen atoms in total. The molecule has 48 heavy (non-hydrogen) atoms. The van der Waals surface area contributed by atoms with Crippen LogP contribution in [-0.2, 0) is 39.9 Å². The van der Waals surface area contributed by atoms with E-state index in [2.05, 4.69) is 4.98 Å². The van der Waals surface area contributed by atoms with Gasteiger partial charge >= 0.3 is 5.97 Å². The molecule has 6 rings (SSSR count). The van der Waals surface area contributed by atoms with E-state index in [4.69, 9.17) is 9.72 Å². The van der Waals surface area contributed by atoms with Crippen LogP contribution in [0.2, 0.25) is 0 Å². The molecule has 4 bridgehead atoms. The van der Waals surface area contributed by atoms with E-state index in [0.29, 0.717) is 52.8 Å². The zero-order valence-corrected chi connectivity index (χ0v) is 28.3. The number of H-pyrrole nitrogens is 1. The fourth-order valence-electron chi connectivity index (χ4n) is 6.96. The summed E-state index contributed by atoms with van der Waals surface area (Å²) in [4.78, 5) is 19.5. The Morgan fingerprint density at radius 3 is 2.62 bits per heavy atom. The highest BCUT2D eigenvalue weighted by Gasteiger charge is 2.35. The number of fused-ring (bicyclic) bond motifs is 8. The van der Waals surface area contributed by atoms with Crippen LogP contribution in [-0.4, -0.2) is 45.5 Å².